The summed E-state index contributed by atoms with van der Waals surface area (Å²) in [4.78, 5) is 35.7. The Labute approximate surface area is 174 Å². The van der Waals surface area contributed by atoms with E-state index in [0.717, 1.165) is 16.7 Å². The molecule has 0 bridgehead atoms. The van der Waals surface area contributed by atoms with Gasteiger partial charge in [-0.3, -0.25) is 19.6 Å². The van der Waals surface area contributed by atoms with Gasteiger partial charge >= 0.3 is 0 Å². The lowest BCUT2D eigenvalue weighted by atomic mass is 9.92. The summed E-state index contributed by atoms with van der Waals surface area (Å²) in [5.41, 5.74) is 3.36. The van der Waals surface area contributed by atoms with Crippen LogP contribution in [0.1, 0.15) is 33.1 Å². The van der Waals surface area contributed by atoms with Crippen molar-refractivity contribution in [2.24, 2.45) is 0 Å². The maximum atomic E-state index is 13.2. The van der Waals surface area contributed by atoms with Gasteiger partial charge in [0.25, 0.3) is 5.91 Å². The molecule has 1 aromatic carbocycles. The number of nitrogens with zero attached hydrogens (tertiary/aromatic N) is 3. The van der Waals surface area contributed by atoms with Crippen molar-refractivity contribution in [3.8, 4) is 0 Å². The highest BCUT2D eigenvalue weighted by Crippen LogP contribution is 2.39. The molecule has 1 atom stereocenters. The van der Waals surface area contributed by atoms with Crippen LogP contribution in [0, 0.1) is 6.92 Å². The second kappa shape index (κ2) is 8.29. The van der Waals surface area contributed by atoms with Crippen LogP contribution in [0.2, 0.25) is 0 Å². The van der Waals surface area contributed by atoms with Crippen LogP contribution in [0.15, 0.2) is 84.7 Å². The van der Waals surface area contributed by atoms with Crippen LogP contribution >= 0.6 is 0 Å². The van der Waals surface area contributed by atoms with Gasteiger partial charge in [0, 0.05) is 36.9 Å². The standard InChI is InChI=1S/C24H21N3O3/c1-16-2-4-18(5-3-16)21-20(22(28)19-8-13-26-14-9-19)23(29)24(30)27(21)15-10-17-6-11-25-12-7-17/h2-9,11-14,21,29H,10,15H2,1H3. The Hall–Kier alpha value is -3.80. The van der Waals surface area contributed by atoms with Crippen LogP contribution in [-0.2, 0) is 11.2 Å². The smallest absolute Gasteiger partial charge is 0.290 e. The number of carbonyl (C=O) groups excluding carboxylic acids is 2. The molecule has 6 nitrogen and oxygen atoms in total. The normalized spacial score (nSPS) is 16.2. The van der Waals surface area contributed by atoms with Gasteiger partial charge in [-0.05, 0) is 48.7 Å². The minimum absolute atomic E-state index is 0.102. The summed E-state index contributed by atoms with van der Waals surface area (Å²) in [7, 11) is 0. The molecule has 1 unspecified atom stereocenters. The highest BCUT2D eigenvalue weighted by atomic mass is 16.3. The van der Waals surface area contributed by atoms with E-state index in [1.165, 1.54) is 12.4 Å². The van der Waals surface area contributed by atoms with Crippen molar-refractivity contribution >= 4 is 11.7 Å². The summed E-state index contributed by atoms with van der Waals surface area (Å²) < 4.78 is 0. The lowest BCUT2D eigenvalue weighted by Crippen LogP contribution is -2.33. The zero-order chi connectivity index (χ0) is 21.1. The van der Waals surface area contributed by atoms with Gasteiger partial charge in [0.15, 0.2) is 11.5 Å². The monoisotopic (exact) mass is 399 g/mol. The molecule has 1 aliphatic rings. The van der Waals surface area contributed by atoms with Crippen LogP contribution in [0.5, 0.6) is 0 Å². The number of aliphatic hydroxyl groups is 1. The van der Waals surface area contributed by atoms with E-state index in [4.69, 9.17) is 0 Å². The summed E-state index contributed by atoms with van der Waals surface area (Å²) in [5.74, 6) is -1.40. The molecule has 2 aromatic heterocycles. The third-order valence-electron chi connectivity index (χ3n) is 5.27. The van der Waals surface area contributed by atoms with Gasteiger partial charge < -0.3 is 10.0 Å². The van der Waals surface area contributed by atoms with Crippen molar-refractivity contribution in [2.75, 3.05) is 6.54 Å². The number of carbonyl (C=O) groups is 2. The summed E-state index contributed by atoms with van der Waals surface area (Å²) in [6.45, 7) is 2.33. The molecule has 1 amide bonds. The van der Waals surface area contributed by atoms with E-state index in [9.17, 15) is 14.7 Å². The number of hydrogen-bond donors (Lipinski definition) is 1. The van der Waals surface area contributed by atoms with E-state index >= 15 is 0 Å². The zero-order valence-electron chi connectivity index (χ0n) is 16.5. The summed E-state index contributed by atoms with van der Waals surface area (Å²) in [6.07, 6.45) is 7.02. The largest absolute Gasteiger partial charge is 0.503 e. The number of Topliss-reactive ketones (excluding diaryl/α,β-unsaturated/α-hetero) is 1. The van der Waals surface area contributed by atoms with Crippen LogP contribution in [0.4, 0.5) is 0 Å². The summed E-state index contributed by atoms with van der Waals surface area (Å²) >= 11 is 0. The summed E-state index contributed by atoms with van der Waals surface area (Å²) in [6, 6.07) is 13.9. The Kier molecular flexibility index (Phi) is 5.39. The molecule has 4 rings (SSSR count). The first-order valence-electron chi connectivity index (χ1n) is 9.70. The van der Waals surface area contributed by atoms with E-state index in [2.05, 4.69) is 9.97 Å². The maximum absolute atomic E-state index is 13.2. The van der Waals surface area contributed by atoms with Crippen molar-refractivity contribution in [3.63, 3.8) is 0 Å². The number of aromatic nitrogens is 2. The fourth-order valence-electron chi connectivity index (χ4n) is 3.67. The number of amides is 1. The molecule has 3 aromatic rings. The van der Waals surface area contributed by atoms with Crippen LogP contribution in [0.25, 0.3) is 0 Å². The molecule has 1 aliphatic heterocycles. The third kappa shape index (κ3) is 3.72. The van der Waals surface area contributed by atoms with Gasteiger partial charge in [-0.25, -0.2) is 0 Å². The predicted octanol–water partition coefficient (Wildman–Crippen LogP) is 3.61. The molecule has 0 aliphatic carbocycles. The average Bonchev–Trinajstić information content (AvgIpc) is 3.04. The third-order valence-corrected chi connectivity index (χ3v) is 5.27. The number of benzene rings is 1. The molecule has 1 N–H and O–H groups in total. The molecular formula is C24H21N3O3. The zero-order valence-corrected chi connectivity index (χ0v) is 16.5. The van der Waals surface area contributed by atoms with Crippen LogP contribution < -0.4 is 0 Å². The van der Waals surface area contributed by atoms with Crippen molar-refractivity contribution in [2.45, 2.75) is 19.4 Å². The SMILES string of the molecule is Cc1ccc(C2C(C(=O)c3ccncc3)=C(O)C(=O)N2CCc2ccncc2)cc1. The van der Waals surface area contributed by atoms with Gasteiger partial charge in [-0.15, -0.1) is 0 Å². The van der Waals surface area contributed by atoms with Crippen molar-refractivity contribution in [1.82, 2.24) is 14.9 Å². The van der Waals surface area contributed by atoms with Crippen molar-refractivity contribution < 1.29 is 14.7 Å². The highest BCUT2D eigenvalue weighted by Gasteiger charge is 2.43. The number of pyridine rings is 2. The minimum atomic E-state index is -0.652. The molecule has 150 valence electrons. The first kappa shape index (κ1) is 19.5. The number of hydrogen-bond acceptors (Lipinski definition) is 5. The number of rotatable bonds is 6. The molecule has 30 heavy (non-hydrogen) atoms. The Morgan fingerprint density at radius 3 is 2.20 bits per heavy atom. The van der Waals surface area contributed by atoms with E-state index in [1.54, 1.807) is 29.4 Å². The van der Waals surface area contributed by atoms with Gasteiger partial charge in [-0.1, -0.05) is 29.8 Å². The van der Waals surface area contributed by atoms with E-state index in [-0.39, 0.29) is 11.4 Å². The van der Waals surface area contributed by atoms with Crippen molar-refractivity contribution in [3.05, 3.63) is 107 Å². The van der Waals surface area contributed by atoms with Gasteiger partial charge in [0.05, 0.1) is 11.6 Å². The highest BCUT2D eigenvalue weighted by molar-refractivity contribution is 6.16. The molecule has 0 saturated heterocycles. The van der Waals surface area contributed by atoms with E-state index in [1.807, 2.05) is 43.3 Å². The molecular weight excluding hydrogens is 378 g/mol. The van der Waals surface area contributed by atoms with Gasteiger partial charge in [0.1, 0.15) is 0 Å². The fourth-order valence-corrected chi connectivity index (χ4v) is 3.67. The van der Waals surface area contributed by atoms with E-state index in [0.29, 0.717) is 18.5 Å². The number of aryl methyl sites for hydroxylation is 1. The predicted molar refractivity (Wildman–Crippen MR) is 112 cm³/mol. The first-order valence-corrected chi connectivity index (χ1v) is 9.70. The van der Waals surface area contributed by atoms with Crippen molar-refractivity contribution in [1.29, 1.82) is 0 Å². The Morgan fingerprint density at radius 1 is 0.967 bits per heavy atom. The lowest BCUT2D eigenvalue weighted by Gasteiger charge is -2.27. The van der Waals surface area contributed by atoms with Crippen LogP contribution in [0.3, 0.4) is 0 Å². The molecule has 6 heteroatoms. The quantitative estimate of drug-likeness (QED) is 0.640. The molecule has 0 fully saturated rings. The first-order chi connectivity index (χ1) is 14.6. The van der Waals surface area contributed by atoms with Crippen LogP contribution in [-0.4, -0.2) is 38.2 Å². The fraction of sp³-hybridized carbons (Fsp3) is 0.167. The lowest BCUT2D eigenvalue weighted by molar-refractivity contribution is -0.129. The van der Waals surface area contributed by atoms with Gasteiger partial charge in [0.2, 0.25) is 0 Å². The average molecular weight is 399 g/mol. The molecule has 3 heterocycles. The number of ketones is 1. The molecule has 0 saturated carbocycles. The Bertz CT molecular complexity index is 1090. The van der Waals surface area contributed by atoms with E-state index < -0.39 is 17.7 Å². The minimum Gasteiger partial charge on any atom is -0.503 e. The van der Waals surface area contributed by atoms with Gasteiger partial charge in [-0.2, -0.15) is 0 Å². The topological polar surface area (TPSA) is 83.4 Å². The second-order valence-corrected chi connectivity index (χ2v) is 7.24. The molecule has 0 radical (unpaired) electrons. The Morgan fingerprint density at radius 2 is 1.57 bits per heavy atom. The molecule has 0 spiro atoms. The second-order valence-electron chi connectivity index (χ2n) is 7.24. The summed E-state index contributed by atoms with van der Waals surface area (Å²) in [5, 5.41) is 10.7. The Balaban J connectivity index is 1.72. The number of aliphatic hydroxyl groups excluding tert-OH is 1. The maximum Gasteiger partial charge on any atom is 0.290 e.